The van der Waals surface area contributed by atoms with Gasteiger partial charge in [-0.25, -0.2) is 4.79 Å². The summed E-state index contributed by atoms with van der Waals surface area (Å²) in [5, 5.41) is 10.0. The van der Waals surface area contributed by atoms with Crippen LogP contribution in [-0.4, -0.2) is 38.4 Å². The number of hydrogen-bond donors (Lipinski definition) is 2. The number of carbonyl (C=O) groups is 1. The van der Waals surface area contributed by atoms with Gasteiger partial charge in [0.1, 0.15) is 5.75 Å². The van der Waals surface area contributed by atoms with Crippen LogP contribution in [0.1, 0.15) is 11.7 Å². The Kier molecular flexibility index (Phi) is 4.31. The molecule has 3 N–H and O–H groups in total. The van der Waals surface area contributed by atoms with Crippen molar-refractivity contribution in [3.05, 3.63) is 22.7 Å². The summed E-state index contributed by atoms with van der Waals surface area (Å²) < 4.78 is 15.0. The van der Waals surface area contributed by atoms with E-state index in [1.165, 1.54) is 7.11 Å². The monoisotopic (exact) mass is 285 g/mol. The quantitative estimate of drug-likeness (QED) is 0.578. The van der Waals surface area contributed by atoms with Crippen molar-refractivity contribution in [1.29, 1.82) is 0 Å². The fraction of sp³-hybridized carbons (Fsp3) is 0.364. The molecule has 0 saturated carbocycles. The molecule has 102 valence electrons. The molecule has 0 bridgehead atoms. The summed E-state index contributed by atoms with van der Waals surface area (Å²) in [5.41, 5.74) is 6.70. The second-order valence-corrected chi connectivity index (χ2v) is 4.34. The van der Waals surface area contributed by atoms with Gasteiger partial charge < -0.3 is 24.9 Å². The van der Waals surface area contributed by atoms with E-state index in [1.54, 1.807) is 12.1 Å². The van der Waals surface area contributed by atoms with Crippen molar-refractivity contribution in [1.82, 2.24) is 0 Å². The van der Waals surface area contributed by atoms with Gasteiger partial charge >= 0.3 is 13.1 Å². The Labute approximate surface area is 115 Å². The van der Waals surface area contributed by atoms with Crippen molar-refractivity contribution in [3.63, 3.8) is 0 Å². The molecular weight excluding hydrogens is 272 g/mol. The lowest BCUT2D eigenvalue weighted by molar-refractivity contribution is -0.142. The van der Waals surface area contributed by atoms with E-state index >= 15 is 0 Å². The first-order chi connectivity index (χ1) is 9.08. The summed E-state index contributed by atoms with van der Waals surface area (Å²) in [6, 6.07) is 3.32. The first kappa shape index (κ1) is 14.1. The van der Waals surface area contributed by atoms with Crippen LogP contribution in [0.25, 0.3) is 0 Å². The summed E-state index contributed by atoms with van der Waals surface area (Å²) in [5.74, 6) is -0.237. The van der Waals surface area contributed by atoms with E-state index in [9.17, 15) is 9.82 Å². The van der Waals surface area contributed by atoms with Crippen LogP contribution in [0.5, 0.6) is 5.75 Å². The van der Waals surface area contributed by atoms with Crippen LogP contribution in [0.4, 0.5) is 0 Å². The third-order valence-electron chi connectivity index (χ3n) is 2.85. The molecule has 1 unspecified atom stereocenters. The molecule has 19 heavy (non-hydrogen) atoms. The summed E-state index contributed by atoms with van der Waals surface area (Å²) in [6.45, 7) is -0.0188. The van der Waals surface area contributed by atoms with E-state index in [1.807, 2.05) is 0 Å². The Balaban J connectivity index is 2.25. The maximum Gasteiger partial charge on any atom is 0.493 e. The SMILES string of the molecule is COC(=O)COc1ccc2c(c1Cl)B(O)OC2CN. The molecule has 0 aromatic heterocycles. The van der Waals surface area contributed by atoms with E-state index in [0.717, 1.165) is 5.56 Å². The van der Waals surface area contributed by atoms with Gasteiger partial charge in [-0.1, -0.05) is 17.7 Å². The lowest BCUT2D eigenvalue weighted by atomic mass is 9.79. The molecule has 1 aliphatic heterocycles. The first-order valence-electron chi connectivity index (χ1n) is 5.64. The van der Waals surface area contributed by atoms with Gasteiger partial charge in [-0.15, -0.1) is 0 Å². The minimum atomic E-state index is -1.14. The number of hydrogen-bond acceptors (Lipinski definition) is 6. The van der Waals surface area contributed by atoms with E-state index in [0.29, 0.717) is 5.46 Å². The standard InChI is InChI=1S/C11H13BClNO5/c1-17-9(15)5-18-7-3-2-6-8(4-14)19-12(16)10(6)11(7)13/h2-3,8,16H,4-5,14H2,1H3. The fourth-order valence-corrected chi connectivity index (χ4v) is 2.23. The number of methoxy groups -OCH3 is 1. The van der Waals surface area contributed by atoms with Crippen molar-refractivity contribution >= 4 is 30.2 Å². The summed E-state index contributed by atoms with van der Waals surface area (Å²) in [7, 11) is 0.122. The topological polar surface area (TPSA) is 91.0 Å². The van der Waals surface area contributed by atoms with Gasteiger partial charge in [-0.2, -0.15) is 0 Å². The largest absolute Gasteiger partial charge is 0.493 e. The highest BCUT2D eigenvalue weighted by Gasteiger charge is 2.37. The molecule has 8 heteroatoms. The summed E-state index contributed by atoms with van der Waals surface area (Å²) in [6.07, 6.45) is -0.392. The van der Waals surface area contributed by atoms with E-state index in [2.05, 4.69) is 4.74 Å². The third-order valence-corrected chi connectivity index (χ3v) is 3.24. The van der Waals surface area contributed by atoms with Gasteiger partial charge in [0.25, 0.3) is 0 Å². The molecule has 1 atom stereocenters. The lowest BCUT2D eigenvalue weighted by Crippen LogP contribution is -2.29. The highest BCUT2D eigenvalue weighted by atomic mass is 35.5. The molecule has 1 aliphatic rings. The number of benzene rings is 1. The molecule has 6 nitrogen and oxygen atoms in total. The van der Waals surface area contributed by atoms with Gasteiger partial charge in [-0.05, 0) is 11.6 Å². The molecule has 0 saturated heterocycles. The Morgan fingerprint density at radius 2 is 2.37 bits per heavy atom. The molecule has 1 aromatic carbocycles. The van der Waals surface area contributed by atoms with Crippen molar-refractivity contribution in [2.75, 3.05) is 20.3 Å². The summed E-state index contributed by atoms with van der Waals surface area (Å²) in [4.78, 5) is 11.0. The normalized spacial score (nSPS) is 17.3. The van der Waals surface area contributed by atoms with Gasteiger partial charge in [0.15, 0.2) is 6.61 Å². The molecule has 0 aliphatic carbocycles. The van der Waals surface area contributed by atoms with Crippen LogP contribution < -0.4 is 15.9 Å². The van der Waals surface area contributed by atoms with Gasteiger partial charge in [-0.3, -0.25) is 0 Å². The molecule has 0 spiro atoms. The molecule has 2 rings (SSSR count). The minimum Gasteiger partial charge on any atom is -0.480 e. The lowest BCUT2D eigenvalue weighted by Gasteiger charge is -2.11. The molecular formula is C11H13BClNO5. The maximum absolute atomic E-state index is 11.0. The number of fused-ring (bicyclic) bond motifs is 1. The molecule has 1 aromatic rings. The second-order valence-electron chi connectivity index (χ2n) is 3.96. The predicted molar refractivity (Wildman–Crippen MR) is 69.5 cm³/mol. The van der Waals surface area contributed by atoms with Crippen molar-refractivity contribution in [3.8, 4) is 5.75 Å². The molecule has 1 heterocycles. The number of halogens is 1. The smallest absolute Gasteiger partial charge is 0.480 e. The van der Waals surface area contributed by atoms with Crippen molar-refractivity contribution < 1.29 is 23.9 Å². The van der Waals surface area contributed by atoms with E-state index < -0.39 is 19.2 Å². The second kappa shape index (κ2) is 5.79. The minimum absolute atomic E-state index is 0.213. The van der Waals surface area contributed by atoms with Gasteiger partial charge in [0.2, 0.25) is 0 Å². The Bertz CT molecular complexity index is 498. The maximum atomic E-state index is 11.0. The fourth-order valence-electron chi connectivity index (χ4n) is 1.91. The highest BCUT2D eigenvalue weighted by molar-refractivity contribution is 6.65. The molecule has 0 amide bonds. The zero-order valence-electron chi connectivity index (χ0n) is 10.3. The van der Waals surface area contributed by atoms with E-state index in [4.69, 9.17) is 26.7 Å². The highest BCUT2D eigenvalue weighted by Crippen LogP contribution is 2.31. The van der Waals surface area contributed by atoms with Crippen LogP contribution in [-0.2, 0) is 14.2 Å². The number of carbonyl (C=O) groups excluding carboxylic acids is 1. The Morgan fingerprint density at radius 1 is 1.63 bits per heavy atom. The first-order valence-corrected chi connectivity index (χ1v) is 6.01. The van der Waals surface area contributed by atoms with Crippen LogP contribution in [0.3, 0.4) is 0 Å². The van der Waals surface area contributed by atoms with Crippen LogP contribution >= 0.6 is 11.6 Å². The third kappa shape index (κ3) is 2.69. The molecule has 0 radical (unpaired) electrons. The zero-order chi connectivity index (χ0) is 14.0. The number of ether oxygens (including phenoxy) is 2. The van der Waals surface area contributed by atoms with Crippen molar-refractivity contribution in [2.45, 2.75) is 6.10 Å². The van der Waals surface area contributed by atoms with Gasteiger partial charge in [0.05, 0.1) is 18.2 Å². The Morgan fingerprint density at radius 3 is 3.00 bits per heavy atom. The Hall–Kier alpha value is -1.28. The number of rotatable bonds is 4. The van der Waals surface area contributed by atoms with Crippen LogP contribution in [0.15, 0.2) is 12.1 Å². The number of esters is 1. The van der Waals surface area contributed by atoms with Crippen molar-refractivity contribution in [2.24, 2.45) is 5.73 Å². The summed E-state index contributed by atoms with van der Waals surface area (Å²) >= 11 is 6.14. The van der Waals surface area contributed by atoms with E-state index in [-0.39, 0.29) is 23.9 Å². The number of nitrogens with two attached hydrogens (primary N) is 1. The average molecular weight is 285 g/mol. The average Bonchev–Trinajstić information content (AvgIpc) is 2.74. The van der Waals surface area contributed by atoms with Crippen LogP contribution in [0, 0.1) is 0 Å². The van der Waals surface area contributed by atoms with Crippen LogP contribution in [0.2, 0.25) is 5.02 Å². The predicted octanol–water partition coefficient (Wildman–Crippen LogP) is -0.391. The zero-order valence-corrected chi connectivity index (χ0v) is 11.0. The molecule has 0 fully saturated rings. The van der Waals surface area contributed by atoms with Gasteiger partial charge in [0, 0.05) is 12.0 Å².